The van der Waals surface area contributed by atoms with Crippen molar-refractivity contribution in [2.45, 2.75) is 25.4 Å². The Kier molecular flexibility index (Phi) is 5.63. The van der Waals surface area contributed by atoms with Gasteiger partial charge in [0.05, 0.1) is 0 Å². The molecule has 0 amide bonds. The Labute approximate surface area is 89.5 Å². The van der Waals surface area contributed by atoms with Crippen molar-refractivity contribution in [3.8, 4) is 0 Å². The number of nitrogens with one attached hydrogen (secondary N) is 1. The van der Waals surface area contributed by atoms with Gasteiger partial charge in [-0.3, -0.25) is 5.10 Å². The van der Waals surface area contributed by atoms with Gasteiger partial charge in [-0.15, -0.1) is 0 Å². The van der Waals surface area contributed by atoms with E-state index in [1.165, 1.54) is 13.0 Å². The average molecular weight is 214 g/mol. The summed E-state index contributed by atoms with van der Waals surface area (Å²) in [5.41, 5.74) is 0. The summed E-state index contributed by atoms with van der Waals surface area (Å²) < 4.78 is 0. The normalized spacial score (nSPS) is 11.1. The number of rotatable bonds is 7. The summed E-state index contributed by atoms with van der Waals surface area (Å²) in [5.74, 6) is 1.10. The third-order valence-electron chi connectivity index (χ3n) is 2.14. The third kappa shape index (κ3) is 4.11. The molecule has 1 heterocycles. The third-order valence-corrected chi connectivity index (χ3v) is 3.11. The highest BCUT2D eigenvalue weighted by molar-refractivity contribution is 7.99. The smallest absolute Gasteiger partial charge is 0.183 e. The lowest BCUT2D eigenvalue weighted by Crippen LogP contribution is -2.24. The molecule has 0 radical (unpaired) electrons. The van der Waals surface area contributed by atoms with Crippen molar-refractivity contribution in [3.63, 3.8) is 0 Å². The molecule has 1 N–H and O–H groups in total. The first kappa shape index (κ1) is 11.5. The van der Waals surface area contributed by atoms with Crippen LogP contribution in [-0.4, -0.2) is 45.5 Å². The van der Waals surface area contributed by atoms with E-state index in [-0.39, 0.29) is 0 Å². The predicted molar refractivity (Wildman–Crippen MR) is 59.5 cm³/mol. The molecule has 0 spiro atoms. The Balaban J connectivity index is 2.04. The summed E-state index contributed by atoms with van der Waals surface area (Å²) in [5, 5.41) is 7.56. The maximum atomic E-state index is 4.06. The van der Waals surface area contributed by atoms with Gasteiger partial charge in [0, 0.05) is 5.75 Å². The molecule has 0 unspecified atom stereocenters. The van der Waals surface area contributed by atoms with Crippen molar-refractivity contribution in [3.05, 3.63) is 6.33 Å². The Morgan fingerprint density at radius 3 is 2.79 bits per heavy atom. The maximum absolute atomic E-state index is 4.06. The number of nitrogens with zero attached hydrogens (tertiary/aromatic N) is 3. The molecular weight excluding hydrogens is 196 g/mol. The summed E-state index contributed by atoms with van der Waals surface area (Å²) in [6.45, 7) is 7.86. The largest absolute Gasteiger partial charge is 0.304 e. The molecule has 0 fully saturated rings. The molecule has 0 aliphatic heterocycles. The number of aromatic nitrogens is 3. The van der Waals surface area contributed by atoms with Crippen LogP contribution in [0, 0.1) is 0 Å². The molecule has 0 atom stereocenters. The van der Waals surface area contributed by atoms with Crippen LogP contribution in [0.15, 0.2) is 11.5 Å². The molecular formula is C9H18N4S. The molecule has 0 saturated carbocycles. The fraction of sp³-hybridized carbons (Fsp3) is 0.778. The van der Waals surface area contributed by atoms with E-state index in [0.29, 0.717) is 0 Å². The van der Waals surface area contributed by atoms with Crippen LogP contribution < -0.4 is 0 Å². The zero-order valence-corrected chi connectivity index (χ0v) is 9.68. The van der Waals surface area contributed by atoms with Gasteiger partial charge in [-0.2, -0.15) is 5.10 Å². The predicted octanol–water partition coefficient (Wildman–Crippen LogP) is 1.63. The molecule has 80 valence electrons. The zero-order valence-electron chi connectivity index (χ0n) is 8.86. The summed E-state index contributed by atoms with van der Waals surface area (Å²) >= 11 is 1.73. The lowest BCUT2D eigenvalue weighted by atomic mass is 10.4. The van der Waals surface area contributed by atoms with Crippen LogP contribution >= 0.6 is 11.8 Å². The highest BCUT2D eigenvalue weighted by atomic mass is 32.2. The van der Waals surface area contributed by atoms with Crippen molar-refractivity contribution < 1.29 is 0 Å². The molecule has 4 nitrogen and oxygen atoms in total. The van der Waals surface area contributed by atoms with Crippen molar-refractivity contribution in [2.75, 3.05) is 25.4 Å². The van der Waals surface area contributed by atoms with Crippen molar-refractivity contribution in [1.82, 2.24) is 20.1 Å². The monoisotopic (exact) mass is 214 g/mol. The second kappa shape index (κ2) is 6.84. The lowest BCUT2D eigenvalue weighted by Gasteiger charge is -2.16. The molecule has 0 bridgehead atoms. The molecule has 1 aromatic heterocycles. The van der Waals surface area contributed by atoms with Gasteiger partial charge in [-0.1, -0.05) is 25.6 Å². The van der Waals surface area contributed by atoms with Crippen LogP contribution in [0.4, 0.5) is 0 Å². The van der Waals surface area contributed by atoms with E-state index >= 15 is 0 Å². The van der Waals surface area contributed by atoms with Gasteiger partial charge in [0.25, 0.3) is 0 Å². The van der Waals surface area contributed by atoms with Gasteiger partial charge < -0.3 is 4.90 Å². The topological polar surface area (TPSA) is 44.8 Å². The maximum Gasteiger partial charge on any atom is 0.183 e. The fourth-order valence-electron chi connectivity index (χ4n) is 1.26. The molecule has 0 aliphatic carbocycles. The van der Waals surface area contributed by atoms with Crippen LogP contribution in [0.25, 0.3) is 0 Å². The minimum atomic E-state index is 0.921. The van der Waals surface area contributed by atoms with Crippen LogP contribution in [0.3, 0.4) is 0 Å². The number of aromatic amines is 1. The minimum Gasteiger partial charge on any atom is -0.304 e. The number of hydrogen-bond donors (Lipinski definition) is 1. The summed E-state index contributed by atoms with van der Waals surface area (Å²) in [7, 11) is 0. The summed E-state index contributed by atoms with van der Waals surface area (Å²) in [6.07, 6.45) is 2.75. The van der Waals surface area contributed by atoms with Gasteiger partial charge in [0.15, 0.2) is 5.16 Å². The summed E-state index contributed by atoms with van der Waals surface area (Å²) in [6, 6.07) is 0. The van der Waals surface area contributed by atoms with E-state index in [9.17, 15) is 0 Å². The van der Waals surface area contributed by atoms with E-state index in [0.717, 1.165) is 24.0 Å². The molecule has 1 rings (SSSR count). The Hall–Kier alpha value is -0.550. The second-order valence-corrected chi connectivity index (χ2v) is 4.10. The number of H-pyrrole nitrogens is 1. The average Bonchev–Trinajstić information content (AvgIpc) is 2.71. The first-order valence-electron chi connectivity index (χ1n) is 5.07. The molecule has 1 aromatic rings. The van der Waals surface area contributed by atoms with Crippen LogP contribution in [-0.2, 0) is 0 Å². The van der Waals surface area contributed by atoms with E-state index in [1.807, 2.05) is 0 Å². The van der Waals surface area contributed by atoms with E-state index in [1.54, 1.807) is 18.1 Å². The molecule has 0 aliphatic rings. The first-order valence-corrected chi connectivity index (χ1v) is 6.05. The van der Waals surface area contributed by atoms with Gasteiger partial charge in [-0.25, -0.2) is 4.98 Å². The minimum absolute atomic E-state index is 0.921. The Morgan fingerprint density at radius 1 is 1.43 bits per heavy atom. The van der Waals surface area contributed by atoms with E-state index in [2.05, 4.69) is 33.9 Å². The standard InChI is InChI=1S/C9H18N4S/c1-3-13(4-2)6-5-7-14-9-10-8-11-12-9/h8H,3-7H2,1-2H3,(H,10,11,12). The van der Waals surface area contributed by atoms with Crippen LogP contribution in [0.5, 0.6) is 0 Å². The van der Waals surface area contributed by atoms with Gasteiger partial charge in [-0.05, 0) is 26.1 Å². The molecule has 0 saturated heterocycles. The van der Waals surface area contributed by atoms with Gasteiger partial charge in [0.2, 0.25) is 0 Å². The lowest BCUT2D eigenvalue weighted by molar-refractivity contribution is 0.305. The van der Waals surface area contributed by atoms with Crippen LogP contribution in [0.1, 0.15) is 20.3 Å². The quantitative estimate of drug-likeness (QED) is 0.553. The van der Waals surface area contributed by atoms with Crippen molar-refractivity contribution in [1.29, 1.82) is 0 Å². The first-order chi connectivity index (χ1) is 6.86. The van der Waals surface area contributed by atoms with Crippen molar-refractivity contribution >= 4 is 11.8 Å². The van der Waals surface area contributed by atoms with E-state index < -0.39 is 0 Å². The molecule has 0 aromatic carbocycles. The van der Waals surface area contributed by atoms with Crippen molar-refractivity contribution in [2.24, 2.45) is 0 Å². The second-order valence-electron chi connectivity index (χ2n) is 3.02. The molecule has 14 heavy (non-hydrogen) atoms. The fourth-order valence-corrected chi connectivity index (χ4v) is 1.97. The SMILES string of the molecule is CCN(CC)CCCSc1ncn[nH]1. The Bertz CT molecular complexity index is 221. The number of hydrogen-bond acceptors (Lipinski definition) is 4. The highest BCUT2D eigenvalue weighted by Crippen LogP contribution is 2.11. The van der Waals surface area contributed by atoms with E-state index in [4.69, 9.17) is 0 Å². The Morgan fingerprint density at radius 2 is 2.21 bits per heavy atom. The zero-order chi connectivity index (χ0) is 10.2. The summed E-state index contributed by atoms with van der Waals surface area (Å²) in [4.78, 5) is 6.49. The molecule has 5 heteroatoms. The van der Waals surface area contributed by atoms with Crippen LogP contribution in [0.2, 0.25) is 0 Å². The highest BCUT2D eigenvalue weighted by Gasteiger charge is 1.99. The number of thioether (sulfide) groups is 1. The van der Waals surface area contributed by atoms with Gasteiger partial charge >= 0.3 is 0 Å². The van der Waals surface area contributed by atoms with Gasteiger partial charge in [0.1, 0.15) is 6.33 Å².